The molecule has 0 spiro atoms. The summed E-state index contributed by atoms with van der Waals surface area (Å²) in [5.41, 5.74) is 3.90. The Balaban J connectivity index is 1.71. The molecule has 0 radical (unpaired) electrons. The van der Waals surface area contributed by atoms with Crippen LogP contribution in [0.3, 0.4) is 0 Å². The van der Waals surface area contributed by atoms with Gasteiger partial charge in [-0.3, -0.25) is 9.59 Å². The molecule has 130 valence electrons. The number of amides is 2. The Kier molecular flexibility index (Phi) is 5.13. The number of nitrogens with one attached hydrogen (secondary N) is 1. The molecular formula is C20H22N2O2S. The molecule has 25 heavy (non-hydrogen) atoms. The van der Waals surface area contributed by atoms with Crippen molar-refractivity contribution in [3.8, 4) is 0 Å². The smallest absolute Gasteiger partial charge is 0.229 e. The first-order valence-corrected chi connectivity index (χ1v) is 9.53. The quantitative estimate of drug-likeness (QED) is 0.844. The van der Waals surface area contributed by atoms with E-state index in [0.717, 1.165) is 27.4 Å². The van der Waals surface area contributed by atoms with Crippen LogP contribution in [0.4, 0.5) is 11.4 Å². The largest absolute Gasteiger partial charge is 0.326 e. The summed E-state index contributed by atoms with van der Waals surface area (Å²) in [6.45, 7) is 4.47. The molecule has 1 N–H and O–H groups in total. The van der Waals surface area contributed by atoms with Crippen molar-refractivity contribution in [2.24, 2.45) is 5.92 Å². The molecule has 1 aliphatic rings. The molecule has 1 heterocycles. The third-order valence-corrected chi connectivity index (χ3v) is 5.46. The summed E-state index contributed by atoms with van der Waals surface area (Å²) in [7, 11) is 0. The SMILES string of the molecule is CSc1ccc(NC(=O)[C@H]2CC(=O)N(c3cccc(C)c3C)C2)cc1. The van der Waals surface area contributed by atoms with Crippen LogP contribution < -0.4 is 10.2 Å². The zero-order valence-electron chi connectivity index (χ0n) is 14.7. The lowest BCUT2D eigenvalue weighted by Gasteiger charge is -2.20. The van der Waals surface area contributed by atoms with Crippen LogP contribution in [-0.4, -0.2) is 24.6 Å². The number of hydrogen-bond donors (Lipinski definition) is 1. The number of carbonyl (C=O) groups excluding carboxylic acids is 2. The fourth-order valence-electron chi connectivity index (χ4n) is 3.06. The second-order valence-corrected chi connectivity index (χ2v) is 7.22. The third kappa shape index (κ3) is 3.71. The van der Waals surface area contributed by atoms with Crippen LogP contribution in [-0.2, 0) is 9.59 Å². The Hall–Kier alpha value is -2.27. The highest BCUT2D eigenvalue weighted by Gasteiger charge is 2.35. The standard InChI is InChI=1S/C20H22N2O2S/c1-13-5-4-6-18(14(13)2)22-12-15(11-19(22)23)20(24)21-16-7-9-17(25-3)10-8-16/h4-10,15H,11-12H2,1-3H3,(H,21,24)/t15-/m0/s1. The molecule has 0 bridgehead atoms. The lowest BCUT2D eigenvalue weighted by atomic mass is 10.1. The topological polar surface area (TPSA) is 49.4 Å². The average molecular weight is 354 g/mol. The maximum Gasteiger partial charge on any atom is 0.229 e. The molecule has 4 nitrogen and oxygen atoms in total. The second-order valence-electron chi connectivity index (χ2n) is 6.34. The van der Waals surface area contributed by atoms with Crippen LogP contribution in [0.25, 0.3) is 0 Å². The Bertz CT molecular complexity index is 802. The van der Waals surface area contributed by atoms with Crippen LogP contribution in [0.1, 0.15) is 17.5 Å². The van der Waals surface area contributed by atoms with Gasteiger partial charge in [0.05, 0.1) is 5.92 Å². The zero-order valence-corrected chi connectivity index (χ0v) is 15.5. The summed E-state index contributed by atoms with van der Waals surface area (Å²) < 4.78 is 0. The van der Waals surface area contributed by atoms with Crippen molar-refractivity contribution in [1.29, 1.82) is 0 Å². The third-order valence-electron chi connectivity index (χ3n) is 4.72. The lowest BCUT2D eigenvalue weighted by molar-refractivity contribution is -0.122. The van der Waals surface area contributed by atoms with Crippen molar-refractivity contribution < 1.29 is 9.59 Å². The minimum atomic E-state index is -0.326. The number of anilines is 2. The van der Waals surface area contributed by atoms with Crippen LogP contribution in [0.2, 0.25) is 0 Å². The van der Waals surface area contributed by atoms with Crippen LogP contribution >= 0.6 is 11.8 Å². The van der Waals surface area contributed by atoms with Crippen LogP contribution in [0.15, 0.2) is 47.4 Å². The van der Waals surface area contributed by atoms with Gasteiger partial charge in [0.25, 0.3) is 0 Å². The number of aryl methyl sites for hydroxylation is 1. The zero-order chi connectivity index (χ0) is 18.0. The molecule has 3 rings (SSSR count). The fraction of sp³-hybridized carbons (Fsp3) is 0.300. The van der Waals surface area contributed by atoms with Gasteiger partial charge in [0, 0.05) is 29.2 Å². The van der Waals surface area contributed by atoms with Gasteiger partial charge >= 0.3 is 0 Å². The predicted octanol–water partition coefficient (Wildman–Crippen LogP) is 4.02. The van der Waals surface area contributed by atoms with Crippen molar-refractivity contribution >= 4 is 35.0 Å². The number of benzene rings is 2. The number of nitrogens with zero attached hydrogens (tertiary/aromatic N) is 1. The number of hydrogen-bond acceptors (Lipinski definition) is 3. The summed E-state index contributed by atoms with van der Waals surface area (Å²) in [6, 6.07) is 13.7. The summed E-state index contributed by atoms with van der Waals surface area (Å²) in [5.74, 6) is -0.419. The van der Waals surface area contributed by atoms with Crippen molar-refractivity contribution in [2.75, 3.05) is 23.0 Å². The fourth-order valence-corrected chi connectivity index (χ4v) is 3.47. The van der Waals surface area contributed by atoms with Gasteiger partial charge in [0.1, 0.15) is 0 Å². The molecule has 0 aliphatic carbocycles. The van der Waals surface area contributed by atoms with E-state index in [0.29, 0.717) is 6.54 Å². The highest BCUT2D eigenvalue weighted by molar-refractivity contribution is 7.98. The van der Waals surface area contributed by atoms with E-state index in [9.17, 15) is 9.59 Å². The summed E-state index contributed by atoms with van der Waals surface area (Å²) in [5, 5.41) is 2.93. The van der Waals surface area contributed by atoms with Gasteiger partial charge in [0.2, 0.25) is 11.8 Å². The van der Waals surface area contributed by atoms with Crippen molar-refractivity contribution in [2.45, 2.75) is 25.2 Å². The van der Waals surface area contributed by atoms with Gasteiger partial charge in [-0.25, -0.2) is 0 Å². The first kappa shape index (κ1) is 17.5. The van der Waals surface area contributed by atoms with E-state index >= 15 is 0 Å². The molecule has 2 amide bonds. The van der Waals surface area contributed by atoms with E-state index in [4.69, 9.17) is 0 Å². The Labute approximate surface area is 152 Å². The van der Waals surface area contributed by atoms with Crippen molar-refractivity contribution in [1.82, 2.24) is 0 Å². The molecule has 0 unspecified atom stereocenters. The minimum Gasteiger partial charge on any atom is -0.326 e. The molecule has 0 aromatic heterocycles. The van der Waals surface area contributed by atoms with E-state index in [-0.39, 0.29) is 24.2 Å². The molecule has 0 saturated carbocycles. The Morgan fingerprint density at radius 2 is 1.88 bits per heavy atom. The van der Waals surface area contributed by atoms with Gasteiger partial charge in [-0.15, -0.1) is 11.8 Å². The first-order valence-electron chi connectivity index (χ1n) is 8.31. The summed E-state index contributed by atoms with van der Waals surface area (Å²) in [4.78, 5) is 27.9. The van der Waals surface area contributed by atoms with E-state index in [2.05, 4.69) is 5.32 Å². The maximum atomic E-state index is 12.5. The highest BCUT2D eigenvalue weighted by Crippen LogP contribution is 2.30. The molecule has 1 saturated heterocycles. The monoisotopic (exact) mass is 354 g/mol. The van der Waals surface area contributed by atoms with Crippen molar-refractivity contribution in [3.63, 3.8) is 0 Å². The summed E-state index contributed by atoms with van der Waals surface area (Å²) in [6.07, 6.45) is 2.27. The highest BCUT2D eigenvalue weighted by atomic mass is 32.2. The average Bonchev–Trinajstić information content (AvgIpc) is 3.00. The predicted molar refractivity (Wildman–Crippen MR) is 103 cm³/mol. The Morgan fingerprint density at radius 3 is 2.56 bits per heavy atom. The molecule has 1 atom stereocenters. The van der Waals surface area contributed by atoms with E-state index in [1.807, 2.05) is 62.6 Å². The summed E-state index contributed by atoms with van der Waals surface area (Å²) >= 11 is 1.66. The van der Waals surface area contributed by atoms with Gasteiger partial charge in [0.15, 0.2) is 0 Å². The van der Waals surface area contributed by atoms with Crippen LogP contribution in [0.5, 0.6) is 0 Å². The second kappa shape index (κ2) is 7.31. The van der Waals surface area contributed by atoms with E-state index < -0.39 is 0 Å². The molecule has 1 fully saturated rings. The van der Waals surface area contributed by atoms with Gasteiger partial charge < -0.3 is 10.2 Å². The van der Waals surface area contributed by atoms with E-state index in [1.165, 1.54) is 0 Å². The van der Waals surface area contributed by atoms with Crippen molar-refractivity contribution in [3.05, 3.63) is 53.6 Å². The van der Waals surface area contributed by atoms with Gasteiger partial charge in [-0.2, -0.15) is 0 Å². The Morgan fingerprint density at radius 1 is 1.16 bits per heavy atom. The molecule has 2 aromatic rings. The normalized spacial score (nSPS) is 17.0. The van der Waals surface area contributed by atoms with E-state index in [1.54, 1.807) is 16.7 Å². The molecular weight excluding hydrogens is 332 g/mol. The van der Waals surface area contributed by atoms with Gasteiger partial charge in [-0.05, 0) is 61.6 Å². The van der Waals surface area contributed by atoms with Crippen LogP contribution in [0, 0.1) is 19.8 Å². The number of rotatable bonds is 4. The first-order chi connectivity index (χ1) is 12.0. The molecule has 1 aliphatic heterocycles. The van der Waals surface area contributed by atoms with Gasteiger partial charge in [-0.1, -0.05) is 12.1 Å². The minimum absolute atomic E-state index is 0.00609. The molecule has 2 aromatic carbocycles. The lowest BCUT2D eigenvalue weighted by Crippen LogP contribution is -2.28. The number of carbonyl (C=O) groups is 2. The number of thioether (sulfide) groups is 1. The maximum absolute atomic E-state index is 12.5. The molecule has 5 heteroatoms.